The lowest BCUT2D eigenvalue weighted by atomic mass is 9.99. The van der Waals surface area contributed by atoms with Gasteiger partial charge in [0.15, 0.2) is 0 Å². The van der Waals surface area contributed by atoms with E-state index in [1.807, 2.05) is 30.3 Å². The number of ether oxygens (including phenoxy) is 2. The van der Waals surface area contributed by atoms with Gasteiger partial charge in [-0.3, -0.25) is 13.9 Å². The van der Waals surface area contributed by atoms with Gasteiger partial charge in [-0.1, -0.05) is 53.5 Å². The molecular weight excluding hydrogens is 667 g/mol. The molecule has 3 atom stereocenters. The van der Waals surface area contributed by atoms with Crippen LogP contribution in [0, 0.1) is 6.92 Å². The van der Waals surface area contributed by atoms with Gasteiger partial charge in [0.2, 0.25) is 5.88 Å². The van der Waals surface area contributed by atoms with Crippen molar-refractivity contribution >= 4 is 45.6 Å². The molecule has 2 aliphatic rings. The number of methoxy groups -OCH3 is 1. The van der Waals surface area contributed by atoms with Crippen LogP contribution in [0.15, 0.2) is 58.1 Å². The minimum atomic E-state index is -0.562. The van der Waals surface area contributed by atoms with Crippen molar-refractivity contribution < 1.29 is 14.6 Å². The maximum atomic E-state index is 13.2. The normalized spacial score (nSPS) is 18.9. The van der Waals surface area contributed by atoms with Gasteiger partial charge in [0, 0.05) is 60.7 Å². The molecule has 2 aromatic carbocycles. The van der Waals surface area contributed by atoms with Crippen LogP contribution in [0.5, 0.6) is 5.88 Å². The number of aliphatic hydroxyl groups excluding tert-OH is 1. The van der Waals surface area contributed by atoms with Crippen molar-refractivity contribution in [3.8, 4) is 28.3 Å². The van der Waals surface area contributed by atoms with E-state index in [9.17, 15) is 14.7 Å². The summed E-state index contributed by atoms with van der Waals surface area (Å²) in [6.45, 7) is 2.73. The van der Waals surface area contributed by atoms with Crippen molar-refractivity contribution in [3.63, 3.8) is 0 Å². The van der Waals surface area contributed by atoms with Gasteiger partial charge in [-0.15, -0.1) is 0 Å². The van der Waals surface area contributed by atoms with Crippen molar-refractivity contribution in [1.29, 1.82) is 0 Å². The first-order chi connectivity index (χ1) is 23.6. The van der Waals surface area contributed by atoms with Gasteiger partial charge in [-0.05, 0) is 49.9 Å². The summed E-state index contributed by atoms with van der Waals surface area (Å²) < 4.78 is 13.7. The fourth-order valence-electron chi connectivity index (χ4n) is 6.95. The number of aliphatic hydroxyl groups is 1. The summed E-state index contributed by atoms with van der Waals surface area (Å²) in [5.41, 5.74) is 5.61. The fraction of sp³-hybridized carbons (Fsp3) is 0.333. The number of aryl methyl sites for hydroxylation is 3. The van der Waals surface area contributed by atoms with Crippen LogP contribution in [-0.4, -0.2) is 56.7 Å². The summed E-state index contributed by atoms with van der Waals surface area (Å²) in [5.74, 6) is 0.815. The highest BCUT2D eigenvalue weighted by atomic mass is 35.5. The largest absolute Gasteiger partial charge is 0.481 e. The third kappa shape index (κ3) is 5.89. The molecule has 1 fully saturated rings. The molecule has 3 N–H and O–H groups in total. The molecule has 0 unspecified atom stereocenters. The van der Waals surface area contributed by atoms with E-state index in [1.165, 1.54) is 11.6 Å². The predicted molar refractivity (Wildman–Crippen MR) is 191 cm³/mol. The van der Waals surface area contributed by atoms with Gasteiger partial charge in [0.1, 0.15) is 11.2 Å². The first kappa shape index (κ1) is 33.2. The van der Waals surface area contributed by atoms with Crippen LogP contribution in [0.25, 0.3) is 33.3 Å². The number of hydrogen-bond acceptors (Lipinski definition) is 9. The molecule has 0 bridgehead atoms. The highest BCUT2D eigenvalue weighted by molar-refractivity contribution is 6.39. The molecule has 3 aromatic heterocycles. The summed E-state index contributed by atoms with van der Waals surface area (Å²) >= 11 is 14.2. The Labute approximate surface area is 292 Å². The first-order valence-electron chi connectivity index (χ1n) is 16.1. The van der Waals surface area contributed by atoms with Crippen LogP contribution in [0.4, 0.5) is 11.5 Å². The van der Waals surface area contributed by atoms with Crippen LogP contribution >= 0.6 is 23.2 Å². The van der Waals surface area contributed by atoms with Crippen molar-refractivity contribution in [1.82, 2.24) is 24.4 Å². The Morgan fingerprint density at radius 3 is 2.47 bits per heavy atom. The Kier molecular flexibility index (Phi) is 8.97. The molecule has 13 heteroatoms. The smallest absolute Gasteiger partial charge is 0.330 e. The Hall–Kier alpha value is -4.26. The molecule has 0 saturated carbocycles. The zero-order chi connectivity index (χ0) is 34.6. The number of anilines is 2. The highest BCUT2D eigenvalue weighted by Gasteiger charge is 2.33. The molecule has 7 rings (SSSR count). The number of hydrogen-bond donors (Lipinski definition) is 3. The van der Waals surface area contributed by atoms with Crippen LogP contribution < -0.4 is 26.6 Å². The van der Waals surface area contributed by atoms with E-state index in [4.69, 9.17) is 37.7 Å². The maximum absolute atomic E-state index is 13.2. The topological polar surface area (TPSA) is 133 Å². The summed E-state index contributed by atoms with van der Waals surface area (Å²) in [6.07, 6.45) is 1.86. The Morgan fingerprint density at radius 2 is 1.71 bits per heavy atom. The molecule has 1 aliphatic carbocycles. The molecular formula is C36H36Cl2N6O5. The van der Waals surface area contributed by atoms with Gasteiger partial charge in [-0.2, -0.15) is 0 Å². The molecule has 0 radical (unpaired) electrons. The number of fused-ring (bicyclic) bond motifs is 2. The average molecular weight is 704 g/mol. The van der Waals surface area contributed by atoms with Crippen LogP contribution in [0.1, 0.15) is 35.7 Å². The first-order valence-corrected chi connectivity index (χ1v) is 16.8. The second kappa shape index (κ2) is 13.2. The number of benzene rings is 2. The van der Waals surface area contributed by atoms with E-state index in [-0.39, 0.29) is 17.5 Å². The number of nitrogens with zero attached hydrogens (tertiary/aromatic N) is 4. The monoisotopic (exact) mass is 702 g/mol. The summed E-state index contributed by atoms with van der Waals surface area (Å²) in [5, 5.41) is 18.5. The van der Waals surface area contributed by atoms with E-state index in [0.29, 0.717) is 68.7 Å². The number of pyridine rings is 2. The quantitative estimate of drug-likeness (QED) is 0.202. The minimum absolute atomic E-state index is 0.00480. The Balaban J connectivity index is 1.25. The predicted octanol–water partition coefficient (Wildman–Crippen LogP) is 5.46. The molecule has 0 amide bonds. The van der Waals surface area contributed by atoms with E-state index in [0.717, 1.165) is 40.5 Å². The van der Waals surface area contributed by atoms with Gasteiger partial charge in [-0.25, -0.2) is 14.8 Å². The number of rotatable bonds is 7. The van der Waals surface area contributed by atoms with Crippen molar-refractivity contribution in [3.05, 3.63) is 96.2 Å². The minimum Gasteiger partial charge on any atom is -0.481 e. The SMILES string of the molecule is COc1nc(-c2cccc(-c3cccc(Nc4nc(C)cc5c4c(=O)n(C)c(=O)n5C)c3Cl)c2Cl)cc2c1[C@@H](N[C@@H]1CCOC[C@@H]1O)CC2. The molecule has 1 saturated heterocycles. The van der Waals surface area contributed by atoms with Crippen LogP contribution in [0.2, 0.25) is 10.0 Å². The summed E-state index contributed by atoms with van der Waals surface area (Å²) in [4.78, 5) is 35.4. The van der Waals surface area contributed by atoms with E-state index in [2.05, 4.69) is 21.7 Å². The van der Waals surface area contributed by atoms with Gasteiger partial charge < -0.3 is 25.2 Å². The Morgan fingerprint density at radius 1 is 0.980 bits per heavy atom. The molecule has 0 spiro atoms. The molecule has 254 valence electrons. The average Bonchev–Trinajstić information content (AvgIpc) is 3.50. The number of nitrogens with one attached hydrogen (secondary N) is 2. The zero-order valence-electron chi connectivity index (χ0n) is 27.5. The number of aromatic nitrogens is 4. The van der Waals surface area contributed by atoms with Gasteiger partial charge >= 0.3 is 5.69 Å². The molecule has 11 nitrogen and oxygen atoms in total. The van der Waals surface area contributed by atoms with E-state index >= 15 is 0 Å². The zero-order valence-corrected chi connectivity index (χ0v) is 29.0. The molecule has 5 aromatic rings. The van der Waals surface area contributed by atoms with Gasteiger partial charge in [0.05, 0.1) is 46.8 Å². The fourth-order valence-corrected chi connectivity index (χ4v) is 7.55. The third-order valence-corrected chi connectivity index (χ3v) is 10.3. The molecule has 4 heterocycles. The summed E-state index contributed by atoms with van der Waals surface area (Å²) in [6, 6.07) is 15.0. The van der Waals surface area contributed by atoms with E-state index in [1.54, 1.807) is 33.2 Å². The standard InChI is InChI=1S/C36H36Cl2N6O5/c1-18-15-27-30(35(46)44(3)36(47)43(27)2)33(39-18)41-25-10-6-8-21(32(25)38)20-7-5-9-22(31(20)37)26-16-19-11-12-24(29(19)34(42-26)48-4)40-23-13-14-49-17-28(23)45/h5-10,15-16,23-24,28,40,45H,11-14,17H2,1-4H3,(H,39,41)/t23-,24+,28+/m1/s1. The van der Waals surface area contributed by atoms with Crippen LogP contribution in [-0.2, 0) is 25.3 Å². The van der Waals surface area contributed by atoms with Gasteiger partial charge in [0.25, 0.3) is 5.56 Å². The Bertz CT molecular complexity index is 2240. The second-order valence-electron chi connectivity index (χ2n) is 12.6. The van der Waals surface area contributed by atoms with Crippen molar-refractivity contribution in [2.45, 2.75) is 44.4 Å². The lowest BCUT2D eigenvalue weighted by Gasteiger charge is -2.31. The molecule has 1 aliphatic heterocycles. The maximum Gasteiger partial charge on any atom is 0.330 e. The third-order valence-electron chi connectivity index (χ3n) is 9.49. The summed E-state index contributed by atoms with van der Waals surface area (Å²) in [7, 11) is 4.67. The second-order valence-corrected chi connectivity index (χ2v) is 13.3. The lowest BCUT2D eigenvalue weighted by molar-refractivity contribution is -0.0304. The van der Waals surface area contributed by atoms with Crippen molar-refractivity contribution in [2.24, 2.45) is 14.1 Å². The van der Waals surface area contributed by atoms with E-state index < -0.39 is 17.4 Å². The highest BCUT2D eigenvalue weighted by Crippen LogP contribution is 2.44. The van der Waals surface area contributed by atoms with Crippen molar-refractivity contribution in [2.75, 3.05) is 25.6 Å². The molecule has 49 heavy (non-hydrogen) atoms. The van der Waals surface area contributed by atoms with Crippen LogP contribution in [0.3, 0.4) is 0 Å². The lowest BCUT2D eigenvalue weighted by Crippen LogP contribution is -2.47. The number of halogens is 2.